The lowest BCUT2D eigenvalue weighted by Crippen LogP contribution is -2.10. The third kappa shape index (κ3) is 7.09. The van der Waals surface area contributed by atoms with Gasteiger partial charge in [0.2, 0.25) is 5.91 Å². The number of para-hydroxylation sites is 1. The third-order valence-electron chi connectivity index (χ3n) is 3.14. The van der Waals surface area contributed by atoms with Crippen molar-refractivity contribution < 1.29 is 23.8 Å². The van der Waals surface area contributed by atoms with Gasteiger partial charge in [-0.1, -0.05) is 18.2 Å². The zero-order valence-corrected chi connectivity index (χ0v) is 14.5. The zero-order valence-electron chi connectivity index (χ0n) is 14.5. The number of benzene rings is 2. The molecule has 2 rings (SSSR count). The number of amides is 1. The fourth-order valence-electron chi connectivity index (χ4n) is 1.99. The average molecular weight is 355 g/mol. The van der Waals surface area contributed by atoms with Gasteiger partial charge in [-0.2, -0.15) is 0 Å². The van der Waals surface area contributed by atoms with Crippen LogP contribution in [0.15, 0.2) is 66.7 Å². The van der Waals surface area contributed by atoms with Crippen molar-refractivity contribution in [3.63, 3.8) is 0 Å². The first-order chi connectivity index (χ1) is 12.7. The standard InChI is InChI=1S/C20H21NO5/c1-2-24-20(23)13-12-19(22)21-16-8-10-18(11-9-16)26-15-14-25-17-6-4-3-5-7-17/h3-13H,2,14-15H2,1H3,(H,21,22)/b13-12+. The summed E-state index contributed by atoms with van der Waals surface area (Å²) in [5.74, 6) is 0.499. The van der Waals surface area contributed by atoms with Crippen LogP contribution in [-0.4, -0.2) is 31.7 Å². The molecular formula is C20H21NO5. The van der Waals surface area contributed by atoms with E-state index in [1.54, 1.807) is 31.2 Å². The van der Waals surface area contributed by atoms with E-state index in [9.17, 15) is 9.59 Å². The molecule has 136 valence electrons. The van der Waals surface area contributed by atoms with Crippen LogP contribution < -0.4 is 14.8 Å². The lowest BCUT2D eigenvalue weighted by atomic mass is 10.3. The highest BCUT2D eigenvalue weighted by molar-refractivity contribution is 6.02. The summed E-state index contributed by atoms with van der Waals surface area (Å²) < 4.78 is 15.8. The van der Waals surface area contributed by atoms with Gasteiger partial charge < -0.3 is 19.5 Å². The van der Waals surface area contributed by atoms with Crippen molar-refractivity contribution in [3.05, 3.63) is 66.7 Å². The highest BCUT2D eigenvalue weighted by atomic mass is 16.5. The Morgan fingerprint density at radius 1 is 0.885 bits per heavy atom. The van der Waals surface area contributed by atoms with Crippen LogP contribution in [0.3, 0.4) is 0 Å². The first-order valence-electron chi connectivity index (χ1n) is 8.24. The van der Waals surface area contributed by atoms with Crippen LogP contribution in [0.25, 0.3) is 0 Å². The summed E-state index contributed by atoms with van der Waals surface area (Å²) in [6.07, 6.45) is 2.21. The molecule has 0 spiro atoms. The Morgan fingerprint density at radius 2 is 1.50 bits per heavy atom. The van der Waals surface area contributed by atoms with Gasteiger partial charge in [-0.25, -0.2) is 4.79 Å². The number of carbonyl (C=O) groups excluding carboxylic acids is 2. The van der Waals surface area contributed by atoms with E-state index in [1.165, 1.54) is 0 Å². The highest BCUT2D eigenvalue weighted by Gasteiger charge is 2.01. The fourth-order valence-corrected chi connectivity index (χ4v) is 1.99. The Labute approximate surface area is 152 Å². The molecule has 2 aromatic rings. The van der Waals surface area contributed by atoms with Gasteiger partial charge in [0.25, 0.3) is 0 Å². The summed E-state index contributed by atoms with van der Waals surface area (Å²) in [5, 5.41) is 2.64. The average Bonchev–Trinajstić information content (AvgIpc) is 2.66. The van der Waals surface area contributed by atoms with Crippen molar-refractivity contribution in [1.29, 1.82) is 0 Å². The number of carbonyl (C=O) groups is 2. The number of anilines is 1. The molecule has 0 heterocycles. The summed E-state index contributed by atoms with van der Waals surface area (Å²) in [5.41, 5.74) is 0.594. The summed E-state index contributed by atoms with van der Waals surface area (Å²) >= 11 is 0. The normalized spacial score (nSPS) is 10.3. The first-order valence-corrected chi connectivity index (χ1v) is 8.24. The van der Waals surface area contributed by atoms with E-state index in [-0.39, 0.29) is 6.61 Å². The summed E-state index contributed by atoms with van der Waals surface area (Å²) in [7, 11) is 0. The van der Waals surface area contributed by atoms with E-state index in [0.717, 1.165) is 17.9 Å². The monoisotopic (exact) mass is 355 g/mol. The quantitative estimate of drug-likeness (QED) is 0.425. The molecule has 0 unspecified atom stereocenters. The fraction of sp³-hybridized carbons (Fsp3) is 0.200. The molecule has 0 aliphatic carbocycles. The van der Waals surface area contributed by atoms with E-state index in [0.29, 0.717) is 24.7 Å². The van der Waals surface area contributed by atoms with Gasteiger partial charge in [0.1, 0.15) is 24.7 Å². The SMILES string of the molecule is CCOC(=O)/C=C/C(=O)Nc1ccc(OCCOc2ccccc2)cc1. The summed E-state index contributed by atoms with van der Waals surface area (Å²) in [6, 6.07) is 16.4. The molecule has 6 heteroatoms. The number of ether oxygens (including phenoxy) is 3. The topological polar surface area (TPSA) is 73.9 Å². The first kappa shape index (κ1) is 19.1. The predicted octanol–water partition coefficient (Wildman–Crippen LogP) is 3.20. The molecule has 0 aliphatic rings. The van der Waals surface area contributed by atoms with Gasteiger partial charge in [0.15, 0.2) is 0 Å². The van der Waals surface area contributed by atoms with Crippen LogP contribution in [0.2, 0.25) is 0 Å². The van der Waals surface area contributed by atoms with E-state index in [1.807, 2.05) is 30.3 Å². The largest absolute Gasteiger partial charge is 0.490 e. The number of rotatable bonds is 9. The molecule has 2 aromatic carbocycles. The maximum Gasteiger partial charge on any atom is 0.330 e. The van der Waals surface area contributed by atoms with Crippen molar-refractivity contribution in [2.75, 3.05) is 25.1 Å². The lowest BCUT2D eigenvalue weighted by molar-refractivity contribution is -0.137. The van der Waals surface area contributed by atoms with Crippen molar-refractivity contribution in [3.8, 4) is 11.5 Å². The molecule has 0 bridgehead atoms. The molecule has 0 radical (unpaired) electrons. The van der Waals surface area contributed by atoms with Crippen molar-refractivity contribution >= 4 is 17.6 Å². The number of esters is 1. The van der Waals surface area contributed by atoms with E-state index < -0.39 is 11.9 Å². The molecule has 0 saturated heterocycles. The van der Waals surface area contributed by atoms with E-state index in [4.69, 9.17) is 14.2 Å². The molecule has 26 heavy (non-hydrogen) atoms. The summed E-state index contributed by atoms with van der Waals surface area (Å²) in [4.78, 5) is 22.8. The van der Waals surface area contributed by atoms with E-state index >= 15 is 0 Å². The lowest BCUT2D eigenvalue weighted by Gasteiger charge is -2.09. The van der Waals surface area contributed by atoms with Gasteiger partial charge in [-0.05, 0) is 43.3 Å². The Balaban J connectivity index is 1.72. The Bertz CT molecular complexity index is 726. The molecule has 0 fully saturated rings. The second kappa shape index (κ2) is 10.6. The zero-order chi connectivity index (χ0) is 18.6. The van der Waals surface area contributed by atoms with Crippen LogP contribution in [0, 0.1) is 0 Å². The van der Waals surface area contributed by atoms with Crippen LogP contribution >= 0.6 is 0 Å². The Kier molecular flexibility index (Phi) is 7.74. The molecule has 1 N–H and O–H groups in total. The van der Waals surface area contributed by atoms with Crippen LogP contribution in [-0.2, 0) is 14.3 Å². The Morgan fingerprint density at radius 3 is 2.12 bits per heavy atom. The minimum absolute atomic E-state index is 0.267. The number of hydrogen-bond donors (Lipinski definition) is 1. The second-order valence-electron chi connectivity index (χ2n) is 5.11. The molecule has 6 nitrogen and oxygen atoms in total. The van der Waals surface area contributed by atoms with Gasteiger partial charge in [0, 0.05) is 17.8 Å². The summed E-state index contributed by atoms with van der Waals surface area (Å²) in [6.45, 7) is 2.80. The Hall–Kier alpha value is -3.28. The minimum atomic E-state index is -0.552. The molecule has 0 aliphatic heterocycles. The smallest absolute Gasteiger partial charge is 0.330 e. The maximum atomic E-state index is 11.7. The van der Waals surface area contributed by atoms with Crippen LogP contribution in [0.1, 0.15) is 6.92 Å². The maximum absolute atomic E-state index is 11.7. The van der Waals surface area contributed by atoms with Crippen molar-refractivity contribution in [2.45, 2.75) is 6.92 Å². The van der Waals surface area contributed by atoms with Gasteiger partial charge in [-0.3, -0.25) is 4.79 Å². The second-order valence-corrected chi connectivity index (χ2v) is 5.11. The van der Waals surface area contributed by atoms with Crippen molar-refractivity contribution in [2.24, 2.45) is 0 Å². The predicted molar refractivity (Wildman–Crippen MR) is 98.3 cm³/mol. The van der Waals surface area contributed by atoms with Gasteiger partial charge >= 0.3 is 5.97 Å². The van der Waals surface area contributed by atoms with Crippen molar-refractivity contribution in [1.82, 2.24) is 0 Å². The van der Waals surface area contributed by atoms with E-state index in [2.05, 4.69) is 5.32 Å². The molecule has 0 atom stereocenters. The van der Waals surface area contributed by atoms with Gasteiger partial charge in [0.05, 0.1) is 6.61 Å². The highest BCUT2D eigenvalue weighted by Crippen LogP contribution is 2.16. The van der Waals surface area contributed by atoms with Crippen LogP contribution in [0.5, 0.6) is 11.5 Å². The number of nitrogens with one attached hydrogen (secondary N) is 1. The van der Waals surface area contributed by atoms with Gasteiger partial charge in [-0.15, -0.1) is 0 Å². The minimum Gasteiger partial charge on any atom is -0.490 e. The molecular weight excluding hydrogens is 334 g/mol. The number of hydrogen-bond acceptors (Lipinski definition) is 5. The third-order valence-corrected chi connectivity index (χ3v) is 3.14. The molecule has 1 amide bonds. The molecule has 0 saturated carbocycles. The molecule has 0 aromatic heterocycles. The van der Waals surface area contributed by atoms with Crippen LogP contribution in [0.4, 0.5) is 5.69 Å².